The topological polar surface area (TPSA) is 92.7 Å². The molecule has 56 heavy (non-hydrogen) atoms. The molecule has 0 aromatic heterocycles. The lowest BCUT2D eigenvalue weighted by Crippen LogP contribution is -2.28. The minimum atomic E-state index is -1.04. The summed E-state index contributed by atoms with van der Waals surface area (Å²) in [6.45, 7) is 3.95. The van der Waals surface area contributed by atoms with Gasteiger partial charge in [0.25, 0.3) is 0 Å². The quantitative estimate of drug-likeness (QED) is 0.0376. The number of amides is 1. The summed E-state index contributed by atoms with van der Waals surface area (Å²) in [6.07, 6.45) is 65.9. The van der Waals surface area contributed by atoms with Crippen LogP contribution in [0.25, 0.3) is 0 Å². The van der Waals surface area contributed by atoms with E-state index in [4.69, 9.17) is 9.84 Å². The summed E-state index contributed by atoms with van der Waals surface area (Å²) in [5, 5.41) is 11.1. The maximum atomic E-state index is 12.7. The Hall–Kier alpha value is -4.45. The Labute approximate surface area is 341 Å². The molecule has 0 aliphatic heterocycles. The van der Waals surface area contributed by atoms with Crippen LogP contribution in [0.4, 0.5) is 0 Å². The Morgan fingerprint density at radius 3 is 1.32 bits per heavy atom. The van der Waals surface area contributed by atoms with Gasteiger partial charge in [-0.15, -0.1) is 0 Å². The minimum Gasteiger partial charge on any atom is -0.480 e. The zero-order valence-corrected chi connectivity index (χ0v) is 34.9. The molecule has 1 atom stereocenters. The number of esters is 1. The van der Waals surface area contributed by atoms with E-state index in [9.17, 15) is 14.4 Å². The van der Waals surface area contributed by atoms with Crippen LogP contribution in [0.15, 0.2) is 134 Å². The van der Waals surface area contributed by atoms with Crippen LogP contribution in [0.2, 0.25) is 0 Å². The summed E-state index contributed by atoms with van der Waals surface area (Å²) in [7, 11) is 0. The Morgan fingerprint density at radius 1 is 0.482 bits per heavy atom. The van der Waals surface area contributed by atoms with E-state index in [0.29, 0.717) is 12.8 Å². The van der Waals surface area contributed by atoms with Crippen LogP contribution in [0.5, 0.6) is 0 Å². The van der Waals surface area contributed by atoms with Crippen LogP contribution in [0.3, 0.4) is 0 Å². The summed E-state index contributed by atoms with van der Waals surface area (Å²) < 4.78 is 5.88. The van der Waals surface area contributed by atoms with E-state index in [1.807, 2.05) is 6.08 Å². The van der Waals surface area contributed by atoms with E-state index in [1.54, 1.807) is 0 Å². The van der Waals surface area contributed by atoms with Gasteiger partial charge < -0.3 is 15.2 Å². The lowest BCUT2D eigenvalue weighted by molar-refractivity contribution is -0.147. The first-order valence-corrected chi connectivity index (χ1v) is 21.3. The average Bonchev–Trinajstić information content (AvgIpc) is 3.18. The van der Waals surface area contributed by atoms with Crippen LogP contribution in [0, 0.1) is 0 Å². The van der Waals surface area contributed by atoms with Gasteiger partial charge in [-0.1, -0.05) is 161 Å². The molecule has 6 heteroatoms. The number of hydrogen-bond donors (Lipinski definition) is 2. The predicted molar refractivity (Wildman–Crippen MR) is 239 cm³/mol. The lowest BCUT2D eigenvalue weighted by Gasteiger charge is -2.14. The van der Waals surface area contributed by atoms with Crippen LogP contribution in [0.1, 0.15) is 149 Å². The molecule has 1 amide bonds. The first-order valence-electron chi connectivity index (χ1n) is 21.3. The van der Waals surface area contributed by atoms with Crippen LogP contribution < -0.4 is 5.32 Å². The minimum absolute atomic E-state index is 0.157. The molecule has 0 radical (unpaired) electrons. The van der Waals surface area contributed by atoms with Crippen molar-refractivity contribution >= 4 is 17.8 Å². The van der Waals surface area contributed by atoms with E-state index < -0.39 is 5.97 Å². The normalized spacial score (nSPS) is 13.5. The first-order chi connectivity index (χ1) is 27.5. The van der Waals surface area contributed by atoms with Gasteiger partial charge in [-0.2, -0.15) is 0 Å². The third-order valence-electron chi connectivity index (χ3n) is 8.30. The third-order valence-corrected chi connectivity index (χ3v) is 8.30. The SMILES string of the molecule is CC/C=C\C/C=C\C/C=C\C/C=C\C/C=C\C/C=C\C/C=C\CCCC(=O)OC(/C=C\C/C=C\C/C=C\C/C=C\CC)CCCCCCCC(=O)NCC(=O)O. The molecule has 0 heterocycles. The fourth-order valence-electron chi connectivity index (χ4n) is 5.23. The van der Waals surface area contributed by atoms with Crippen molar-refractivity contribution in [1.29, 1.82) is 0 Å². The van der Waals surface area contributed by atoms with Crippen molar-refractivity contribution in [3.05, 3.63) is 134 Å². The van der Waals surface area contributed by atoms with Crippen molar-refractivity contribution in [2.24, 2.45) is 0 Å². The Kier molecular flexibility index (Phi) is 39.8. The molecule has 0 fully saturated rings. The van der Waals surface area contributed by atoms with Crippen molar-refractivity contribution in [3.8, 4) is 0 Å². The zero-order valence-electron chi connectivity index (χ0n) is 34.9. The number of carbonyl (C=O) groups is 3. The molecular formula is C50H75NO5. The molecule has 0 aliphatic rings. The van der Waals surface area contributed by atoms with Crippen LogP contribution in [-0.4, -0.2) is 35.6 Å². The maximum Gasteiger partial charge on any atom is 0.322 e. The molecule has 0 aliphatic carbocycles. The van der Waals surface area contributed by atoms with Crippen molar-refractivity contribution in [2.45, 2.75) is 155 Å². The molecule has 0 aromatic rings. The molecule has 0 aromatic carbocycles. The van der Waals surface area contributed by atoms with E-state index in [-0.39, 0.29) is 24.5 Å². The van der Waals surface area contributed by atoms with Gasteiger partial charge in [-0.25, -0.2) is 0 Å². The van der Waals surface area contributed by atoms with Crippen LogP contribution in [-0.2, 0) is 19.1 Å². The molecule has 0 rings (SSSR count). The van der Waals surface area contributed by atoms with Gasteiger partial charge in [0.05, 0.1) is 0 Å². The van der Waals surface area contributed by atoms with Gasteiger partial charge in [-0.05, 0) is 109 Å². The largest absolute Gasteiger partial charge is 0.480 e. The summed E-state index contributed by atoms with van der Waals surface area (Å²) >= 11 is 0. The summed E-state index contributed by atoms with van der Waals surface area (Å²) in [4.78, 5) is 35.0. The molecular weight excluding hydrogens is 695 g/mol. The molecule has 0 bridgehead atoms. The second-order valence-corrected chi connectivity index (χ2v) is 13.5. The number of nitrogens with one attached hydrogen (secondary N) is 1. The molecule has 1 unspecified atom stereocenters. The number of carboxylic acid groups (broad SMARTS) is 1. The monoisotopic (exact) mass is 770 g/mol. The number of unbranched alkanes of at least 4 members (excludes halogenated alkanes) is 5. The summed E-state index contributed by atoms with van der Waals surface area (Å²) in [6, 6.07) is 0. The number of hydrogen-bond acceptors (Lipinski definition) is 4. The number of aliphatic carboxylic acids is 1. The average molecular weight is 770 g/mol. The molecule has 6 nitrogen and oxygen atoms in total. The number of allylic oxidation sites excluding steroid dienone is 21. The number of rotatable bonds is 36. The van der Waals surface area contributed by atoms with E-state index in [2.05, 4.69) is 147 Å². The van der Waals surface area contributed by atoms with Crippen molar-refractivity contribution in [1.82, 2.24) is 5.32 Å². The number of carbonyl (C=O) groups excluding carboxylic acids is 2. The van der Waals surface area contributed by atoms with Gasteiger partial charge in [-0.3, -0.25) is 14.4 Å². The zero-order chi connectivity index (χ0) is 40.8. The Morgan fingerprint density at radius 2 is 0.875 bits per heavy atom. The highest BCUT2D eigenvalue weighted by Gasteiger charge is 2.11. The van der Waals surface area contributed by atoms with Gasteiger partial charge in [0.2, 0.25) is 5.91 Å². The number of ether oxygens (including phenoxy) is 1. The highest BCUT2D eigenvalue weighted by Crippen LogP contribution is 2.14. The lowest BCUT2D eigenvalue weighted by atomic mass is 10.1. The first kappa shape index (κ1) is 51.5. The predicted octanol–water partition coefficient (Wildman–Crippen LogP) is 13.4. The molecule has 310 valence electrons. The molecule has 2 N–H and O–H groups in total. The molecule has 0 saturated carbocycles. The fraction of sp³-hybridized carbons (Fsp3) is 0.500. The highest BCUT2D eigenvalue weighted by atomic mass is 16.5. The van der Waals surface area contributed by atoms with E-state index in [0.717, 1.165) is 122 Å². The third kappa shape index (κ3) is 42.3. The van der Waals surface area contributed by atoms with Gasteiger partial charge >= 0.3 is 11.9 Å². The molecule has 0 spiro atoms. The maximum absolute atomic E-state index is 12.7. The van der Waals surface area contributed by atoms with Gasteiger partial charge in [0.1, 0.15) is 12.6 Å². The van der Waals surface area contributed by atoms with Crippen molar-refractivity contribution < 1.29 is 24.2 Å². The fourth-order valence-corrected chi connectivity index (χ4v) is 5.23. The van der Waals surface area contributed by atoms with Gasteiger partial charge in [0, 0.05) is 12.8 Å². The van der Waals surface area contributed by atoms with E-state index >= 15 is 0 Å². The second kappa shape index (κ2) is 43.3. The molecule has 0 saturated heterocycles. The number of carboxylic acids is 1. The summed E-state index contributed by atoms with van der Waals surface area (Å²) in [5.41, 5.74) is 0. The smallest absolute Gasteiger partial charge is 0.322 e. The summed E-state index contributed by atoms with van der Waals surface area (Å²) in [5.74, 6) is -1.42. The van der Waals surface area contributed by atoms with Crippen molar-refractivity contribution in [3.63, 3.8) is 0 Å². The van der Waals surface area contributed by atoms with Gasteiger partial charge in [0.15, 0.2) is 0 Å². The highest BCUT2D eigenvalue weighted by molar-refractivity contribution is 5.80. The van der Waals surface area contributed by atoms with Crippen molar-refractivity contribution in [2.75, 3.05) is 6.54 Å². The Balaban J connectivity index is 4.38. The Bertz CT molecular complexity index is 1300. The standard InChI is InChI=1S/C50H75NO5/c1-3-5-7-9-11-13-15-16-17-18-19-20-21-22-23-24-25-26-28-30-32-37-41-45-50(55)56-47(42-38-34-31-29-27-14-12-10-8-6-4-2)43-39-35-33-36-40-44-48(52)51-46-49(53)54/h5-8,11-14,16-17,19-20,22-23,25-26,29-32,38,42,47H,3-4,9-10,15,18,21,24,27-28,33-37,39-41,43-46H2,1-2H3,(H,51,52)(H,53,54)/b7-5-,8-6-,13-11-,14-12-,17-16-,20-19-,23-22-,26-25-,31-29-,32-30-,42-38-. The van der Waals surface area contributed by atoms with E-state index in [1.165, 1.54) is 0 Å². The van der Waals surface area contributed by atoms with Crippen LogP contribution >= 0.6 is 0 Å². The second-order valence-electron chi connectivity index (χ2n) is 13.5.